The summed E-state index contributed by atoms with van der Waals surface area (Å²) in [4.78, 5) is 39.7. The van der Waals surface area contributed by atoms with Gasteiger partial charge in [0.1, 0.15) is 6.61 Å². The Morgan fingerprint density at radius 1 is 0.821 bits per heavy atom. The van der Waals surface area contributed by atoms with Crippen LogP contribution >= 0.6 is 0 Å². The zero-order valence-electron chi connectivity index (χ0n) is 22.1. The molecule has 39 heavy (non-hydrogen) atoms. The van der Waals surface area contributed by atoms with Gasteiger partial charge in [0.2, 0.25) is 0 Å². The summed E-state index contributed by atoms with van der Waals surface area (Å²) in [5, 5.41) is 5.95. The highest BCUT2D eigenvalue weighted by molar-refractivity contribution is 6.04. The van der Waals surface area contributed by atoms with E-state index in [1.165, 1.54) is 32.1 Å². The summed E-state index contributed by atoms with van der Waals surface area (Å²) in [6.07, 6.45) is 6.53. The average Bonchev–Trinajstić information content (AvgIpc) is 3.31. The van der Waals surface area contributed by atoms with Crippen LogP contribution in [0.15, 0.2) is 78.9 Å². The number of carbonyl (C=O) groups excluding carboxylic acids is 3. The quantitative estimate of drug-likeness (QED) is 0.369. The fraction of sp³-hybridized carbons (Fsp3) is 0.344. The third-order valence-corrected chi connectivity index (χ3v) is 7.61. The first kappa shape index (κ1) is 26.5. The van der Waals surface area contributed by atoms with Crippen LogP contribution in [-0.4, -0.2) is 42.0 Å². The number of hydrogen-bond acceptors (Lipinski definition) is 4. The highest BCUT2D eigenvalue weighted by Gasteiger charge is 2.33. The number of nitrogens with zero attached hydrogens (tertiary/aromatic N) is 1. The van der Waals surface area contributed by atoms with E-state index < -0.39 is 0 Å². The van der Waals surface area contributed by atoms with Crippen molar-refractivity contribution < 1.29 is 19.1 Å². The van der Waals surface area contributed by atoms with Crippen LogP contribution in [0.4, 0.5) is 10.5 Å². The second-order valence-electron chi connectivity index (χ2n) is 10.5. The largest absolute Gasteiger partial charge is 0.447 e. The van der Waals surface area contributed by atoms with Gasteiger partial charge in [0.15, 0.2) is 0 Å². The molecule has 1 atom stereocenters. The molecule has 2 N–H and O–H groups in total. The Morgan fingerprint density at radius 3 is 2.33 bits per heavy atom. The topological polar surface area (TPSA) is 87.7 Å². The molecule has 1 aliphatic heterocycles. The van der Waals surface area contributed by atoms with Crippen molar-refractivity contribution >= 4 is 23.6 Å². The third-order valence-electron chi connectivity index (χ3n) is 7.61. The van der Waals surface area contributed by atoms with Crippen LogP contribution in [0.3, 0.4) is 0 Å². The molecule has 3 aromatic carbocycles. The van der Waals surface area contributed by atoms with Crippen LogP contribution < -0.4 is 10.6 Å². The van der Waals surface area contributed by atoms with Crippen LogP contribution in [0.1, 0.15) is 63.9 Å². The molecule has 3 aromatic rings. The number of anilines is 1. The van der Waals surface area contributed by atoms with E-state index in [-0.39, 0.29) is 23.9 Å². The van der Waals surface area contributed by atoms with E-state index in [4.69, 9.17) is 4.74 Å². The number of amides is 3. The summed E-state index contributed by atoms with van der Waals surface area (Å²) >= 11 is 0. The zero-order valence-corrected chi connectivity index (χ0v) is 22.1. The van der Waals surface area contributed by atoms with Crippen molar-refractivity contribution in [3.8, 4) is 0 Å². The van der Waals surface area contributed by atoms with E-state index in [0.29, 0.717) is 42.3 Å². The molecule has 1 aliphatic carbocycles. The van der Waals surface area contributed by atoms with Crippen molar-refractivity contribution in [3.63, 3.8) is 0 Å². The molecule has 0 bridgehead atoms. The summed E-state index contributed by atoms with van der Waals surface area (Å²) in [5.41, 5.74) is 3.68. The molecule has 1 heterocycles. The van der Waals surface area contributed by atoms with Gasteiger partial charge in [-0.2, -0.15) is 0 Å². The van der Waals surface area contributed by atoms with Gasteiger partial charge >= 0.3 is 6.09 Å². The summed E-state index contributed by atoms with van der Waals surface area (Å²) in [6, 6.07) is 24.2. The molecule has 1 saturated carbocycles. The molecule has 202 valence electrons. The maximum absolute atomic E-state index is 13.0. The molecule has 7 heteroatoms. The van der Waals surface area contributed by atoms with Crippen molar-refractivity contribution in [3.05, 3.63) is 101 Å². The summed E-state index contributed by atoms with van der Waals surface area (Å²) in [6.45, 7) is 1.43. The van der Waals surface area contributed by atoms with E-state index in [1.54, 1.807) is 41.3 Å². The van der Waals surface area contributed by atoms with Crippen molar-refractivity contribution in [2.45, 2.75) is 51.1 Å². The normalized spacial score (nSPS) is 17.5. The molecule has 0 aromatic heterocycles. The number of rotatable bonds is 9. The number of hydrogen-bond donors (Lipinski definition) is 2. The van der Waals surface area contributed by atoms with E-state index >= 15 is 0 Å². The molecule has 2 aliphatic rings. The van der Waals surface area contributed by atoms with E-state index in [0.717, 1.165) is 17.7 Å². The minimum Gasteiger partial charge on any atom is -0.447 e. The second-order valence-corrected chi connectivity index (χ2v) is 10.5. The summed E-state index contributed by atoms with van der Waals surface area (Å²) in [7, 11) is 0. The highest BCUT2D eigenvalue weighted by atomic mass is 16.6. The van der Waals surface area contributed by atoms with Crippen LogP contribution in [0.2, 0.25) is 0 Å². The SMILES string of the molecule is O=C(NCC1CCCCC1)c1ccc(NC(=O)c2cccc(CN3C(=O)OC[C@H]3Cc3ccccc3)c2)cc1. The van der Waals surface area contributed by atoms with Gasteiger partial charge in [0.25, 0.3) is 11.8 Å². The fourth-order valence-electron chi connectivity index (χ4n) is 5.38. The van der Waals surface area contributed by atoms with Gasteiger partial charge in [-0.3, -0.25) is 14.5 Å². The maximum atomic E-state index is 13.0. The van der Waals surface area contributed by atoms with Gasteiger partial charge < -0.3 is 15.4 Å². The Balaban J connectivity index is 1.16. The molecular weight excluding hydrogens is 490 g/mol. The summed E-state index contributed by atoms with van der Waals surface area (Å²) in [5.74, 6) is 0.233. The van der Waals surface area contributed by atoms with Gasteiger partial charge in [0, 0.05) is 29.9 Å². The van der Waals surface area contributed by atoms with Gasteiger partial charge in [-0.25, -0.2) is 4.79 Å². The van der Waals surface area contributed by atoms with E-state index in [2.05, 4.69) is 10.6 Å². The second kappa shape index (κ2) is 12.6. The molecule has 7 nitrogen and oxygen atoms in total. The maximum Gasteiger partial charge on any atom is 0.410 e. The number of nitrogens with one attached hydrogen (secondary N) is 2. The Morgan fingerprint density at radius 2 is 1.56 bits per heavy atom. The summed E-state index contributed by atoms with van der Waals surface area (Å²) < 4.78 is 5.33. The van der Waals surface area contributed by atoms with Crippen molar-refractivity contribution in [2.24, 2.45) is 5.92 Å². The number of benzene rings is 3. The minimum atomic E-state index is -0.339. The van der Waals surface area contributed by atoms with Crippen LogP contribution in [-0.2, 0) is 17.7 Å². The third kappa shape index (κ3) is 7.05. The van der Waals surface area contributed by atoms with Gasteiger partial charge in [0.05, 0.1) is 6.04 Å². The lowest BCUT2D eigenvalue weighted by Crippen LogP contribution is -2.34. The Kier molecular flexibility index (Phi) is 8.56. The number of ether oxygens (including phenoxy) is 1. The zero-order chi connectivity index (χ0) is 27.0. The Bertz CT molecular complexity index is 1290. The lowest BCUT2D eigenvalue weighted by Gasteiger charge is -2.22. The van der Waals surface area contributed by atoms with Gasteiger partial charge in [-0.1, -0.05) is 61.7 Å². The van der Waals surface area contributed by atoms with Crippen molar-refractivity contribution in [2.75, 3.05) is 18.5 Å². The fourth-order valence-corrected chi connectivity index (χ4v) is 5.38. The smallest absolute Gasteiger partial charge is 0.410 e. The van der Waals surface area contributed by atoms with Crippen LogP contribution in [0.5, 0.6) is 0 Å². The molecule has 0 spiro atoms. The first-order chi connectivity index (χ1) is 19.0. The van der Waals surface area contributed by atoms with Crippen molar-refractivity contribution in [1.29, 1.82) is 0 Å². The molecule has 5 rings (SSSR count). The molecular formula is C32H35N3O4. The minimum absolute atomic E-state index is 0.0595. The number of carbonyl (C=O) groups is 3. The molecule has 0 radical (unpaired) electrons. The first-order valence-electron chi connectivity index (χ1n) is 13.8. The van der Waals surface area contributed by atoms with Gasteiger partial charge in [-0.15, -0.1) is 0 Å². The van der Waals surface area contributed by atoms with E-state index in [9.17, 15) is 14.4 Å². The molecule has 0 unspecified atom stereocenters. The Labute approximate surface area is 229 Å². The predicted octanol–water partition coefficient (Wildman–Crippen LogP) is 5.81. The van der Waals surface area contributed by atoms with Gasteiger partial charge in [-0.05, 0) is 72.7 Å². The highest BCUT2D eigenvalue weighted by Crippen LogP contribution is 2.23. The monoisotopic (exact) mass is 525 g/mol. The lowest BCUT2D eigenvalue weighted by atomic mass is 9.89. The Hall–Kier alpha value is -4.13. The van der Waals surface area contributed by atoms with Crippen LogP contribution in [0.25, 0.3) is 0 Å². The number of cyclic esters (lactones) is 1. The van der Waals surface area contributed by atoms with E-state index in [1.807, 2.05) is 42.5 Å². The first-order valence-corrected chi connectivity index (χ1v) is 13.8. The standard InChI is InChI=1S/C32H35N3O4/c36-30(33-20-24-10-5-2-6-11-24)26-14-16-28(17-15-26)34-31(37)27-13-7-12-25(18-27)21-35-29(22-39-32(35)38)19-23-8-3-1-4-9-23/h1,3-4,7-9,12-18,24,29H,2,5-6,10-11,19-22H2,(H,33,36)(H,34,37)/t29-/m1/s1. The molecule has 3 amide bonds. The van der Waals surface area contributed by atoms with Crippen LogP contribution in [0, 0.1) is 5.92 Å². The molecule has 1 saturated heterocycles. The lowest BCUT2D eigenvalue weighted by molar-refractivity contribution is 0.0943. The predicted molar refractivity (Wildman–Crippen MR) is 151 cm³/mol. The average molecular weight is 526 g/mol. The van der Waals surface area contributed by atoms with Crippen molar-refractivity contribution in [1.82, 2.24) is 10.2 Å². The molecule has 2 fully saturated rings.